The average Bonchev–Trinajstić information content (AvgIpc) is 2.33. The molecule has 0 aliphatic heterocycles. The third-order valence-corrected chi connectivity index (χ3v) is 2.97. The molecule has 5 heteroatoms. The van der Waals surface area contributed by atoms with Crippen LogP contribution >= 0.6 is 15.9 Å². The van der Waals surface area contributed by atoms with Crippen LogP contribution in [0, 0.1) is 0 Å². The summed E-state index contributed by atoms with van der Waals surface area (Å²) < 4.78 is 11.7. The van der Waals surface area contributed by atoms with Crippen LogP contribution in [-0.2, 0) is 6.54 Å². The number of hydrogen-bond acceptors (Lipinski definition) is 4. The number of nitrogens with one attached hydrogen (secondary N) is 1. The van der Waals surface area contributed by atoms with E-state index in [1.54, 1.807) is 7.11 Å². The molecule has 0 radical (unpaired) electrons. The molecule has 0 saturated heterocycles. The van der Waals surface area contributed by atoms with E-state index < -0.39 is 0 Å². The molecule has 1 rings (SSSR count). The quantitative estimate of drug-likeness (QED) is 0.756. The average molecular weight is 304 g/mol. The van der Waals surface area contributed by atoms with Gasteiger partial charge < -0.3 is 19.9 Å². The predicted molar refractivity (Wildman–Crippen MR) is 70.7 cm³/mol. The SMILES string of the molecule is CCOc1cc(CNCCO)c(Br)cc1OC. The molecule has 4 nitrogen and oxygen atoms in total. The monoisotopic (exact) mass is 303 g/mol. The van der Waals surface area contributed by atoms with Crippen LogP contribution < -0.4 is 14.8 Å². The molecular formula is C12H18BrNO3. The zero-order valence-corrected chi connectivity index (χ0v) is 11.7. The molecule has 0 saturated carbocycles. The topological polar surface area (TPSA) is 50.7 Å². The third kappa shape index (κ3) is 4.18. The fourth-order valence-electron chi connectivity index (χ4n) is 1.44. The summed E-state index contributed by atoms with van der Waals surface area (Å²) in [4.78, 5) is 0. The molecule has 1 aromatic rings. The maximum absolute atomic E-state index is 8.72. The largest absolute Gasteiger partial charge is 0.493 e. The number of rotatable bonds is 7. The Bertz CT molecular complexity index is 358. The molecule has 0 aliphatic carbocycles. The minimum absolute atomic E-state index is 0.131. The van der Waals surface area contributed by atoms with Crippen LogP contribution in [0.1, 0.15) is 12.5 Å². The van der Waals surface area contributed by atoms with Crippen LogP contribution in [0.4, 0.5) is 0 Å². The van der Waals surface area contributed by atoms with E-state index in [1.165, 1.54) is 0 Å². The summed E-state index contributed by atoms with van der Waals surface area (Å²) in [6.45, 7) is 3.91. The van der Waals surface area contributed by atoms with Crippen molar-refractivity contribution in [3.63, 3.8) is 0 Å². The standard InChI is InChI=1S/C12H18BrNO3/c1-3-17-12-6-9(8-14-4-5-15)10(13)7-11(12)16-2/h6-7,14-15H,3-5,8H2,1-2H3. The van der Waals surface area contributed by atoms with Gasteiger partial charge >= 0.3 is 0 Å². The van der Waals surface area contributed by atoms with Gasteiger partial charge in [0.15, 0.2) is 11.5 Å². The van der Waals surface area contributed by atoms with Gasteiger partial charge in [-0.05, 0) is 24.6 Å². The van der Waals surface area contributed by atoms with E-state index in [2.05, 4.69) is 21.2 Å². The van der Waals surface area contributed by atoms with Crippen molar-refractivity contribution in [3.8, 4) is 11.5 Å². The van der Waals surface area contributed by atoms with Crippen LogP contribution in [0.15, 0.2) is 16.6 Å². The number of halogens is 1. The van der Waals surface area contributed by atoms with Crippen molar-refractivity contribution in [2.24, 2.45) is 0 Å². The summed E-state index contributed by atoms with van der Waals surface area (Å²) in [5.74, 6) is 1.45. The zero-order valence-electron chi connectivity index (χ0n) is 10.1. The van der Waals surface area contributed by atoms with Gasteiger partial charge in [0.25, 0.3) is 0 Å². The minimum Gasteiger partial charge on any atom is -0.493 e. The van der Waals surface area contributed by atoms with Crippen molar-refractivity contribution in [2.75, 3.05) is 26.9 Å². The fourth-order valence-corrected chi connectivity index (χ4v) is 1.91. The summed E-state index contributed by atoms with van der Waals surface area (Å²) in [6.07, 6.45) is 0. The smallest absolute Gasteiger partial charge is 0.161 e. The highest BCUT2D eigenvalue weighted by Gasteiger charge is 2.09. The maximum atomic E-state index is 8.72. The van der Waals surface area contributed by atoms with Crippen LogP contribution in [0.5, 0.6) is 11.5 Å². The van der Waals surface area contributed by atoms with E-state index in [4.69, 9.17) is 14.6 Å². The first-order chi connectivity index (χ1) is 8.22. The second-order valence-electron chi connectivity index (χ2n) is 3.43. The second-order valence-corrected chi connectivity index (χ2v) is 4.28. The number of methoxy groups -OCH3 is 1. The summed E-state index contributed by atoms with van der Waals surface area (Å²) in [5, 5.41) is 11.8. The molecule has 0 aromatic heterocycles. The molecule has 0 atom stereocenters. The zero-order chi connectivity index (χ0) is 12.7. The van der Waals surface area contributed by atoms with Crippen LogP contribution in [-0.4, -0.2) is 32.0 Å². The van der Waals surface area contributed by atoms with E-state index in [9.17, 15) is 0 Å². The van der Waals surface area contributed by atoms with E-state index in [0.717, 1.165) is 15.8 Å². The van der Waals surface area contributed by atoms with Crippen molar-refractivity contribution in [1.29, 1.82) is 0 Å². The molecule has 0 bridgehead atoms. The van der Waals surface area contributed by atoms with Crippen molar-refractivity contribution in [1.82, 2.24) is 5.32 Å². The molecule has 1 aromatic carbocycles. The normalized spacial score (nSPS) is 10.4. The van der Waals surface area contributed by atoms with Crippen molar-refractivity contribution in [3.05, 3.63) is 22.2 Å². The first-order valence-corrected chi connectivity index (χ1v) is 6.33. The Labute approximate surface area is 110 Å². The Morgan fingerprint density at radius 3 is 2.71 bits per heavy atom. The summed E-state index contributed by atoms with van der Waals surface area (Å²) in [6, 6.07) is 3.83. The van der Waals surface area contributed by atoms with Gasteiger partial charge in [-0.1, -0.05) is 15.9 Å². The fraction of sp³-hybridized carbons (Fsp3) is 0.500. The van der Waals surface area contributed by atoms with E-state index in [0.29, 0.717) is 25.4 Å². The number of aliphatic hydroxyl groups excluding tert-OH is 1. The molecule has 2 N–H and O–H groups in total. The lowest BCUT2D eigenvalue weighted by Gasteiger charge is -2.13. The summed E-state index contributed by atoms with van der Waals surface area (Å²) in [7, 11) is 1.62. The Morgan fingerprint density at radius 2 is 2.12 bits per heavy atom. The van der Waals surface area contributed by atoms with Gasteiger partial charge in [0.05, 0.1) is 20.3 Å². The Morgan fingerprint density at radius 1 is 1.35 bits per heavy atom. The highest BCUT2D eigenvalue weighted by atomic mass is 79.9. The van der Waals surface area contributed by atoms with Gasteiger partial charge in [-0.2, -0.15) is 0 Å². The van der Waals surface area contributed by atoms with Crippen LogP contribution in [0.25, 0.3) is 0 Å². The molecule has 96 valence electrons. The maximum Gasteiger partial charge on any atom is 0.161 e. The van der Waals surface area contributed by atoms with Crippen LogP contribution in [0.2, 0.25) is 0 Å². The van der Waals surface area contributed by atoms with E-state index in [1.807, 2.05) is 19.1 Å². The van der Waals surface area contributed by atoms with E-state index >= 15 is 0 Å². The molecule has 0 aliphatic rings. The Hall–Kier alpha value is -0.780. The number of ether oxygens (including phenoxy) is 2. The van der Waals surface area contributed by atoms with Crippen molar-refractivity contribution >= 4 is 15.9 Å². The molecule has 0 amide bonds. The van der Waals surface area contributed by atoms with Gasteiger partial charge in [0.1, 0.15) is 0 Å². The van der Waals surface area contributed by atoms with Gasteiger partial charge in [0, 0.05) is 17.6 Å². The number of aliphatic hydroxyl groups is 1. The third-order valence-electron chi connectivity index (χ3n) is 2.24. The van der Waals surface area contributed by atoms with Crippen molar-refractivity contribution in [2.45, 2.75) is 13.5 Å². The van der Waals surface area contributed by atoms with Gasteiger partial charge in [-0.15, -0.1) is 0 Å². The van der Waals surface area contributed by atoms with Gasteiger partial charge in [0.2, 0.25) is 0 Å². The first kappa shape index (κ1) is 14.3. The number of benzene rings is 1. The summed E-state index contributed by atoms with van der Waals surface area (Å²) in [5.41, 5.74) is 1.07. The highest BCUT2D eigenvalue weighted by Crippen LogP contribution is 2.33. The molecular weight excluding hydrogens is 286 g/mol. The van der Waals surface area contributed by atoms with Gasteiger partial charge in [-0.3, -0.25) is 0 Å². The first-order valence-electron chi connectivity index (χ1n) is 5.53. The lowest BCUT2D eigenvalue weighted by molar-refractivity contribution is 0.291. The molecule has 0 heterocycles. The summed E-state index contributed by atoms with van der Waals surface area (Å²) >= 11 is 3.49. The molecule has 0 fully saturated rings. The highest BCUT2D eigenvalue weighted by molar-refractivity contribution is 9.10. The minimum atomic E-state index is 0.131. The lowest BCUT2D eigenvalue weighted by Crippen LogP contribution is -2.17. The second kappa shape index (κ2) is 7.53. The van der Waals surface area contributed by atoms with Gasteiger partial charge in [-0.25, -0.2) is 0 Å². The molecule has 0 unspecified atom stereocenters. The Balaban J connectivity index is 2.85. The molecule has 17 heavy (non-hydrogen) atoms. The van der Waals surface area contributed by atoms with E-state index in [-0.39, 0.29) is 6.61 Å². The number of hydrogen-bond donors (Lipinski definition) is 2. The molecule has 0 spiro atoms. The predicted octanol–water partition coefficient (Wildman–Crippen LogP) is 1.94. The van der Waals surface area contributed by atoms with Crippen LogP contribution in [0.3, 0.4) is 0 Å². The Kier molecular flexibility index (Phi) is 6.32. The van der Waals surface area contributed by atoms with Crippen molar-refractivity contribution < 1.29 is 14.6 Å². The lowest BCUT2D eigenvalue weighted by atomic mass is 10.2.